The summed E-state index contributed by atoms with van der Waals surface area (Å²) in [4.78, 5) is 3.65. The topological polar surface area (TPSA) is 12.9 Å². The number of thiazole rings is 1. The van der Waals surface area contributed by atoms with Gasteiger partial charge in [0, 0.05) is 5.02 Å². The average molecular weight is 188 g/mol. The van der Waals surface area contributed by atoms with Crippen molar-refractivity contribution in [2.75, 3.05) is 0 Å². The van der Waals surface area contributed by atoms with Crippen molar-refractivity contribution >= 4 is 33.2 Å². The molecule has 0 spiro atoms. The van der Waals surface area contributed by atoms with E-state index in [9.17, 15) is 4.39 Å². The highest BCUT2D eigenvalue weighted by Crippen LogP contribution is 2.23. The highest BCUT2D eigenvalue weighted by molar-refractivity contribution is 7.17. The van der Waals surface area contributed by atoms with Crippen molar-refractivity contribution in [1.82, 2.24) is 4.98 Å². The van der Waals surface area contributed by atoms with E-state index in [0.717, 1.165) is 16.0 Å². The molecule has 11 heavy (non-hydrogen) atoms. The fraction of sp³-hybridized carbons (Fsp3) is 0. The molecule has 2 aromatic rings. The first-order valence-corrected chi connectivity index (χ1v) is 4.17. The van der Waals surface area contributed by atoms with Gasteiger partial charge in [-0.2, -0.15) is 4.39 Å². The summed E-state index contributed by atoms with van der Waals surface area (Å²) in [6, 6.07) is 5.11. The van der Waals surface area contributed by atoms with Crippen LogP contribution in [0.5, 0.6) is 0 Å². The van der Waals surface area contributed by atoms with Gasteiger partial charge in [-0.05, 0) is 18.2 Å². The van der Waals surface area contributed by atoms with E-state index in [2.05, 4.69) is 4.98 Å². The van der Waals surface area contributed by atoms with Crippen molar-refractivity contribution in [3.05, 3.63) is 28.5 Å². The summed E-state index contributed by atoms with van der Waals surface area (Å²) in [5.41, 5.74) is 0.664. The maximum absolute atomic E-state index is 12.5. The summed E-state index contributed by atoms with van der Waals surface area (Å²) in [5, 5.41) is 0.198. The van der Waals surface area contributed by atoms with Crippen LogP contribution in [0.1, 0.15) is 0 Å². The molecule has 1 heterocycles. The summed E-state index contributed by atoms with van der Waals surface area (Å²) >= 11 is 6.69. The van der Waals surface area contributed by atoms with Crippen molar-refractivity contribution in [3.8, 4) is 0 Å². The van der Waals surface area contributed by atoms with Crippen LogP contribution in [0.25, 0.3) is 10.2 Å². The first kappa shape index (κ1) is 7.00. The van der Waals surface area contributed by atoms with Crippen LogP contribution in [-0.4, -0.2) is 4.98 Å². The maximum Gasteiger partial charge on any atom is 0.270 e. The first-order valence-electron chi connectivity index (χ1n) is 2.97. The van der Waals surface area contributed by atoms with E-state index in [4.69, 9.17) is 11.6 Å². The van der Waals surface area contributed by atoms with E-state index in [1.165, 1.54) is 0 Å². The quantitative estimate of drug-likeness (QED) is 0.618. The second kappa shape index (κ2) is 2.43. The number of fused-ring (bicyclic) bond motifs is 1. The molecule has 0 aliphatic heterocycles. The molecule has 1 aromatic carbocycles. The highest BCUT2D eigenvalue weighted by atomic mass is 35.5. The van der Waals surface area contributed by atoms with Gasteiger partial charge in [0.15, 0.2) is 0 Å². The van der Waals surface area contributed by atoms with E-state index in [0.29, 0.717) is 10.5 Å². The zero-order valence-corrected chi connectivity index (χ0v) is 6.92. The van der Waals surface area contributed by atoms with Gasteiger partial charge in [0.1, 0.15) is 0 Å². The normalized spacial score (nSPS) is 10.7. The van der Waals surface area contributed by atoms with Crippen LogP contribution in [0.15, 0.2) is 18.2 Å². The van der Waals surface area contributed by atoms with Gasteiger partial charge in [-0.1, -0.05) is 22.9 Å². The molecule has 2 rings (SSSR count). The molecule has 0 saturated heterocycles. The summed E-state index contributed by atoms with van der Waals surface area (Å²) < 4.78 is 13.3. The Morgan fingerprint density at radius 2 is 2.27 bits per heavy atom. The Morgan fingerprint density at radius 3 is 3.09 bits per heavy atom. The Hall–Kier alpha value is -0.670. The van der Waals surface area contributed by atoms with Gasteiger partial charge in [-0.3, -0.25) is 0 Å². The minimum absolute atomic E-state index is 0.415. The van der Waals surface area contributed by atoms with Crippen molar-refractivity contribution in [2.24, 2.45) is 0 Å². The zero-order chi connectivity index (χ0) is 7.84. The Balaban J connectivity index is 2.82. The molecule has 1 nitrogen and oxygen atoms in total. The summed E-state index contributed by atoms with van der Waals surface area (Å²) in [6.45, 7) is 0. The lowest BCUT2D eigenvalue weighted by atomic mass is 10.3. The van der Waals surface area contributed by atoms with Crippen molar-refractivity contribution in [3.63, 3.8) is 0 Å². The third-order valence-electron chi connectivity index (χ3n) is 1.32. The van der Waals surface area contributed by atoms with Gasteiger partial charge in [0.25, 0.3) is 5.26 Å². The van der Waals surface area contributed by atoms with Crippen LogP contribution in [-0.2, 0) is 0 Å². The van der Waals surface area contributed by atoms with Gasteiger partial charge < -0.3 is 0 Å². The van der Waals surface area contributed by atoms with Crippen LogP contribution in [0, 0.1) is 5.26 Å². The van der Waals surface area contributed by atoms with Crippen LogP contribution in [0.4, 0.5) is 4.39 Å². The van der Waals surface area contributed by atoms with Gasteiger partial charge in [-0.25, -0.2) is 4.98 Å². The third kappa shape index (κ3) is 1.21. The number of nitrogens with zero attached hydrogens (tertiary/aromatic N) is 1. The highest BCUT2D eigenvalue weighted by Gasteiger charge is 2.01. The SMILES string of the molecule is Fc1nc2ccc(Cl)cc2s1. The maximum atomic E-state index is 12.5. The first-order chi connectivity index (χ1) is 5.25. The minimum atomic E-state index is -0.415. The van der Waals surface area contributed by atoms with Gasteiger partial charge >= 0.3 is 0 Å². The summed E-state index contributed by atoms with van der Waals surface area (Å²) in [7, 11) is 0. The Labute approximate surface area is 71.4 Å². The standard InChI is InChI=1S/C7H3ClFNS/c8-4-1-2-5-6(3-4)11-7(9)10-5/h1-3H. The van der Waals surface area contributed by atoms with Crippen LogP contribution >= 0.6 is 22.9 Å². The molecule has 0 atom stereocenters. The molecular formula is C7H3ClFNS. The molecule has 4 heteroatoms. The van der Waals surface area contributed by atoms with E-state index >= 15 is 0 Å². The third-order valence-corrected chi connectivity index (χ3v) is 2.37. The number of benzene rings is 1. The number of hydrogen-bond acceptors (Lipinski definition) is 2. The molecule has 56 valence electrons. The Kier molecular flexibility index (Phi) is 1.55. The van der Waals surface area contributed by atoms with Crippen LogP contribution in [0.3, 0.4) is 0 Å². The Bertz CT molecular complexity index is 398. The Morgan fingerprint density at radius 1 is 1.45 bits per heavy atom. The van der Waals surface area contributed by atoms with Crippen LogP contribution < -0.4 is 0 Å². The molecular weight excluding hydrogens is 185 g/mol. The fourth-order valence-electron chi connectivity index (χ4n) is 0.870. The molecule has 1 aromatic heterocycles. The lowest BCUT2D eigenvalue weighted by Crippen LogP contribution is -1.67. The van der Waals surface area contributed by atoms with E-state index in [-0.39, 0.29) is 0 Å². The number of rotatable bonds is 0. The molecule has 0 saturated carbocycles. The molecule has 0 aliphatic carbocycles. The minimum Gasteiger partial charge on any atom is -0.209 e. The molecule has 0 aliphatic rings. The van der Waals surface area contributed by atoms with E-state index < -0.39 is 5.26 Å². The van der Waals surface area contributed by atoms with Crippen LogP contribution in [0.2, 0.25) is 5.02 Å². The molecule has 0 bridgehead atoms. The van der Waals surface area contributed by atoms with E-state index in [1.807, 2.05) is 0 Å². The summed E-state index contributed by atoms with van der Waals surface area (Å²) in [6.07, 6.45) is 0. The lowest BCUT2D eigenvalue weighted by molar-refractivity contribution is 0.620. The second-order valence-electron chi connectivity index (χ2n) is 2.08. The number of halogens is 2. The summed E-state index contributed by atoms with van der Waals surface area (Å²) in [5.74, 6) is 0. The predicted molar refractivity (Wildman–Crippen MR) is 44.6 cm³/mol. The second-order valence-corrected chi connectivity index (χ2v) is 3.50. The van der Waals surface area contributed by atoms with E-state index in [1.54, 1.807) is 18.2 Å². The number of aromatic nitrogens is 1. The van der Waals surface area contributed by atoms with Crippen molar-refractivity contribution in [1.29, 1.82) is 0 Å². The van der Waals surface area contributed by atoms with Crippen molar-refractivity contribution < 1.29 is 4.39 Å². The smallest absolute Gasteiger partial charge is 0.209 e. The van der Waals surface area contributed by atoms with Gasteiger partial charge in [0.2, 0.25) is 0 Å². The number of hydrogen-bond donors (Lipinski definition) is 0. The molecule has 0 fully saturated rings. The fourth-order valence-corrected chi connectivity index (χ4v) is 1.84. The average Bonchev–Trinajstić information content (AvgIpc) is 2.27. The van der Waals surface area contributed by atoms with Gasteiger partial charge in [0.05, 0.1) is 10.2 Å². The predicted octanol–water partition coefficient (Wildman–Crippen LogP) is 3.09. The van der Waals surface area contributed by atoms with Crippen molar-refractivity contribution in [2.45, 2.75) is 0 Å². The van der Waals surface area contributed by atoms with Gasteiger partial charge in [-0.15, -0.1) is 0 Å². The molecule has 0 unspecified atom stereocenters. The molecule has 0 N–H and O–H groups in total. The molecule has 0 radical (unpaired) electrons. The monoisotopic (exact) mass is 187 g/mol. The zero-order valence-electron chi connectivity index (χ0n) is 5.34. The largest absolute Gasteiger partial charge is 0.270 e. The molecule has 0 amide bonds. The lowest BCUT2D eigenvalue weighted by Gasteiger charge is -1.86.